The van der Waals surface area contributed by atoms with Crippen LogP contribution in [-0.2, 0) is 6.42 Å². The van der Waals surface area contributed by atoms with Crippen LogP contribution < -0.4 is 10.2 Å². The van der Waals surface area contributed by atoms with Gasteiger partial charge in [0, 0.05) is 86.2 Å². The summed E-state index contributed by atoms with van der Waals surface area (Å²) in [4.78, 5) is 10.9. The van der Waals surface area contributed by atoms with Crippen molar-refractivity contribution in [1.82, 2.24) is 19.6 Å². The Hall–Kier alpha value is -3.55. The second kappa shape index (κ2) is 6.23. The molecule has 0 saturated carbocycles. The number of hydrogen-bond donors (Lipinski definition) is 1. The Labute approximate surface area is 165 Å². The van der Waals surface area contributed by atoms with E-state index in [1.165, 1.54) is 6.07 Å². The van der Waals surface area contributed by atoms with Gasteiger partial charge in [-0.2, -0.15) is 5.10 Å². The van der Waals surface area contributed by atoms with E-state index < -0.39 is 11.6 Å². The number of pyridine rings is 1. The van der Waals surface area contributed by atoms with Gasteiger partial charge in [0.15, 0.2) is 17.3 Å². The van der Waals surface area contributed by atoms with Crippen LogP contribution in [0.3, 0.4) is 0 Å². The van der Waals surface area contributed by atoms with Crippen LogP contribution in [0.1, 0.15) is 11.3 Å². The van der Waals surface area contributed by atoms with Crippen molar-refractivity contribution in [3.8, 4) is 22.3 Å². The summed E-state index contributed by atoms with van der Waals surface area (Å²) < 4.78 is 31.0. The van der Waals surface area contributed by atoms with Crippen molar-refractivity contribution in [2.75, 3.05) is 31.4 Å². The van der Waals surface area contributed by atoms with Gasteiger partial charge in [-0.15, -0.1) is 0 Å². The number of anilines is 2. The minimum Gasteiger partial charge on any atom is -0.388 e. The lowest BCUT2D eigenvalue weighted by Crippen LogP contribution is -2.13. The smallest absolute Gasteiger partial charge is 0.167 e. The lowest BCUT2D eigenvalue weighted by atomic mass is 9.98. The molecule has 6 nitrogen and oxygen atoms in total. The van der Waals surface area contributed by atoms with Crippen molar-refractivity contribution in [2.45, 2.75) is 6.42 Å². The topological polar surface area (TPSA) is 58.4 Å². The molecule has 0 amide bonds. The maximum absolute atomic E-state index is 15.0. The van der Waals surface area contributed by atoms with Crippen molar-refractivity contribution in [3.05, 3.63) is 59.8 Å². The van der Waals surface area contributed by atoms with Gasteiger partial charge in [0.25, 0.3) is 0 Å². The maximum atomic E-state index is 15.0. The molecule has 0 radical (unpaired) electrons. The minimum absolute atomic E-state index is 0.274. The third-order valence-electron chi connectivity index (χ3n) is 5.33. The molecule has 1 N–H and O–H groups in total. The Morgan fingerprint density at radius 2 is 1.97 bits per heavy atom. The number of hydrogen-bond acceptors (Lipinski definition) is 5. The predicted molar refractivity (Wildman–Crippen MR) is 108 cm³/mol. The average Bonchev–Trinajstić information content (AvgIpc) is 3.33. The Morgan fingerprint density at radius 1 is 1.14 bits per heavy atom. The van der Waals surface area contributed by atoms with Crippen LogP contribution in [0, 0.1) is 11.6 Å². The molecule has 0 aliphatic heterocycles. The van der Waals surface area contributed by atoms with E-state index in [4.69, 9.17) is 0 Å². The first-order chi connectivity index (χ1) is 14.0. The summed E-state index contributed by atoms with van der Waals surface area (Å²) in [6, 6.07) is 3.01. The lowest BCUT2D eigenvalue weighted by molar-refractivity contribution is 0.511. The standard InChI is InChI=1S/C21H18F2N6/c1-24-15-7-14(22)20(23)18-12(15)6-16-19(18)21(28(2)3)13(9-25-16)11-8-26-17-4-5-27-29(17)10-11/h4-5,7-10,24H,6H2,1-3H3. The normalized spacial score (nSPS) is 12.2. The fourth-order valence-corrected chi connectivity index (χ4v) is 4.06. The first-order valence-corrected chi connectivity index (χ1v) is 9.17. The number of rotatable bonds is 3. The Morgan fingerprint density at radius 3 is 2.72 bits per heavy atom. The number of benzene rings is 1. The van der Waals surface area contributed by atoms with E-state index in [0.29, 0.717) is 17.7 Å². The summed E-state index contributed by atoms with van der Waals surface area (Å²) >= 11 is 0. The van der Waals surface area contributed by atoms with Gasteiger partial charge in [0.1, 0.15) is 0 Å². The highest BCUT2D eigenvalue weighted by molar-refractivity contribution is 5.96. The quantitative estimate of drug-likeness (QED) is 0.507. The zero-order valence-electron chi connectivity index (χ0n) is 16.2. The van der Waals surface area contributed by atoms with Crippen molar-refractivity contribution in [2.24, 2.45) is 0 Å². The van der Waals surface area contributed by atoms with Crippen LogP contribution in [0.25, 0.3) is 27.9 Å². The van der Waals surface area contributed by atoms with Gasteiger partial charge >= 0.3 is 0 Å². The third-order valence-corrected chi connectivity index (χ3v) is 5.33. The molecule has 4 aromatic rings. The second-order valence-corrected chi connectivity index (χ2v) is 7.21. The van der Waals surface area contributed by atoms with E-state index in [0.717, 1.165) is 33.7 Å². The summed E-state index contributed by atoms with van der Waals surface area (Å²) in [5.74, 6) is -1.73. The zero-order chi connectivity index (χ0) is 20.3. The molecule has 1 aliphatic rings. The zero-order valence-corrected chi connectivity index (χ0v) is 16.2. The molecule has 8 heteroatoms. The highest BCUT2D eigenvalue weighted by atomic mass is 19.2. The molecular weight excluding hydrogens is 374 g/mol. The number of nitrogens with one attached hydrogen (secondary N) is 1. The lowest BCUT2D eigenvalue weighted by Gasteiger charge is -2.22. The van der Waals surface area contributed by atoms with Crippen molar-refractivity contribution < 1.29 is 8.78 Å². The molecule has 0 fully saturated rings. The van der Waals surface area contributed by atoms with Crippen molar-refractivity contribution in [3.63, 3.8) is 0 Å². The molecule has 0 unspecified atom stereocenters. The molecule has 1 aromatic carbocycles. The van der Waals surface area contributed by atoms with E-state index in [2.05, 4.69) is 20.4 Å². The molecule has 1 aliphatic carbocycles. The molecule has 3 aromatic heterocycles. The molecular formula is C21H18F2N6. The van der Waals surface area contributed by atoms with Gasteiger partial charge in [0.05, 0.1) is 17.6 Å². The number of halogens is 2. The maximum Gasteiger partial charge on any atom is 0.167 e. The first kappa shape index (κ1) is 17.5. The van der Waals surface area contributed by atoms with Gasteiger partial charge in [-0.25, -0.2) is 18.3 Å². The van der Waals surface area contributed by atoms with Crippen LogP contribution in [0.15, 0.2) is 36.9 Å². The first-order valence-electron chi connectivity index (χ1n) is 9.17. The van der Waals surface area contributed by atoms with Gasteiger partial charge in [-0.05, 0) is 5.56 Å². The molecule has 146 valence electrons. The van der Waals surface area contributed by atoms with E-state index in [1.807, 2.05) is 31.3 Å². The van der Waals surface area contributed by atoms with Gasteiger partial charge in [0.2, 0.25) is 0 Å². The van der Waals surface area contributed by atoms with Crippen LogP contribution in [0.4, 0.5) is 20.2 Å². The van der Waals surface area contributed by atoms with E-state index in [-0.39, 0.29) is 5.56 Å². The van der Waals surface area contributed by atoms with E-state index in [1.54, 1.807) is 30.2 Å². The fourth-order valence-electron chi connectivity index (χ4n) is 4.06. The summed E-state index contributed by atoms with van der Waals surface area (Å²) in [6.45, 7) is 0. The Balaban J connectivity index is 1.82. The highest BCUT2D eigenvalue weighted by Crippen LogP contribution is 2.49. The van der Waals surface area contributed by atoms with Crippen LogP contribution in [0.5, 0.6) is 0 Å². The molecule has 3 heterocycles. The van der Waals surface area contributed by atoms with E-state index in [9.17, 15) is 8.78 Å². The van der Waals surface area contributed by atoms with E-state index >= 15 is 0 Å². The monoisotopic (exact) mass is 392 g/mol. The average molecular weight is 392 g/mol. The fraction of sp³-hybridized carbons (Fsp3) is 0.190. The Bertz CT molecular complexity index is 1280. The van der Waals surface area contributed by atoms with Crippen LogP contribution in [-0.4, -0.2) is 40.7 Å². The summed E-state index contributed by atoms with van der Waals surface area (Å²) in [5.41, 5.74) is 5.98. The summed E-state index contributed by atoms with van der Waals surface area (Å²) in [7, 11) is 5.47. The second-order valence-electron chi connectivity index (χ2n) is 7.21. The number of nitrogens with zero attached hydrogens (tertiary/aromatic N) is 5. The SMILES string of the molecule is CNc1cc(F)c(F)c2c1Cc1ncc(-c3cnc4ccnn4c3)c(N(C)C)c1-2. The minimum atomic E-state index is -0.879. The molecule has 29 heavy (non-hydrogen) atoms. The summed E-state index contributed by atoms with van der Waals surface area (Å²) in [5, 5.41) is 7.21. The summed E-state index contributed by atoms with van der Waals surface area (Å²) in [6.07, 6.45) is 7.47. The predicted octanol–water partition coefficient (Wildman–Crippen LogP) is 3.75. The van der Waals surface area contributed by atoms with Crippen molar-refractivity contribution in [1.29, 1.82) is 0 Å². The van der Waals surface area contributed by atoms with Crippen molar-refractivity contribution >= 4 is 17.0 Å². The molecule has 0 bridgehead atoms. The van der Waals surface area contributed by atoms with Gasteiger partial charge in [-0.1, -0.05) is 0 Å². The number of fused-ring (bicyclic) bond motifs is 4. The number of aromatic nitrogens is 4. The van der Waals surface area contributed by atoms with Gasteiger partial charge in [-0.3, -0.25) is 4.98 Å². The molecule has 0 saturated heterocycles. The Kier molecular flexibility index (Phi) is 3.77. The van der Waals surface area contributed by atoms with Gasteiger partial charge < -0.3 is 10.2 Å². The highest BCUT2D eigenvalue weighted by Gasteiger charge is 2.32. The molecule has 5 rings (SSSR count). The molecule has 0 atom stereocenters. The van der Waals surface area contributed by atoms with Crippen LogP contribution in [0.2, 0.25) is 0 Å². The largest absolute Gasteiger partial charge is 0.388 e. The third kappa shape index (κ3) is 2.48. The van der Waals surface area contributed by atoms with Crippen LogP contribution >= 0.6 is 0 Å². The molecule has 0 spiro atoms.